The zero-order chi connectivity index (χ0) is 15.8. The van der Waals surface area contributed by atoms with E-state index in [1.807, 2.05) is 45.0 Å². The molecule has 0 fully saturated rings. The van der Waals surface area contributed by atoms with E-state index in [-0.39, 0.29) is 17.7 Å². The van der Waals surface area contributed by atoms with Gasteiger partial charge in [-0.25, -0.2) is 0 Å². The topological polar surface area (TPSA) is 38.3 Å². The smallest absolute Gasteiger partial charge is 0.152 e. The van der Waals surface area contributed by atoms with Gasteiger partial charge < -0.3 is 10.1 Å². The second kappa shape index (κ2) is 8.83. The largest absolute Gasteiger partial charge is 0.493 e. The molecule has 0 radical (unpaired) electrons. The van der Waals surface area contributed by atoms with E-state index >= 15 is 0 Å². The van der Waals surface area contributed by atoms with Gasteiger partial charge in [-0.3, -0.25) is 4.79 Å². The normalized spacial score (nSPS) is 12.7. The first-order valence-electron chi connectivity index (χ1n) is 7.92. The Bertz CT molecular complexity index is 423. The van der Waals surface area contributed by atoms with Crippen LogP contribution in [-0.4, -0.2) is 25.0 Å². The molecule has 1 N–H and O–H groups in total. The molecule has 0 aliphatic rings. The van der Waals surface area contributed by atoms with Crippen LogP contribution < -0.4 is 10.1 Å². The zero-order valence-electron chi connectivity index (χ0n) is 14.0. The van der Waals surface area contributed by atoms with Crippen LogP contribution in [0.2, 0.25) is 0 Å². The Hall–Kier alpha value is -1.35. The summed E-state index contributed by atoms with van der Waals surface area (Å²) in [6, 6.07) is 7.97. The van der Waals surface area contributed by atoms with Crippen molar-refractivity contribution in [2.75, 3.05) is 13.2 Å². The summed E-state index contributed by atoms with van der Waals surface area (Å²) in [4.78, 5) is 12.2. The number of Topliss-reactive ketones (excluding diaryl/α,β-unsaturated/α-hetero) is 1. The first-order chi connectivity index (χ1) is 9.93. The van der Waals surface area contributed by atoms with Crippen molar-refractivity contribution in [2.24, 2.45) is 11.8 Å². The summed E-state index contributed by atoms with van der Waals surface area (Å²) >= 11 is 0. The minimum atomic E-state index is -0.0996. The van der Waals surface area contributed by atoms with Crippen LogP contribution in [0.5, 0.6) is 5.75 Å². The number of benzene rings is 1. The van der Waals surface area contributed by atoms with E-state index in [0.717, 1.165) is 30.9 Å². The number of carbonyl (C=O) groups is 1. The predicted molar refractivity (Wildman–Crippen MR) is 87.8 cm³/mol. The van der Waals surface area contributed by atoms with Crippen LogP contribution in [0.15, 0.2) is 24.3 Å². The molecule has 0 spiro atoms. The van der Waals surface area contributed by atoms with Crippen LogP contribution in [0.25, 0.3) is 0 Å². The second-order valence-corrected chi connectivity index (χ2v) is 6.22. The number of hydrogen-bond acceptors (Lipinski definition) is 3. The third-order valence-electron chi connectivity index (χ3n) is 3.31. The fourth-order valence-corrected chi connectivity index (χ4v) is 2.14. The van der Waals surface area contributed by atoms with Crippen molar-refractivity contribution in [1.29, 1.82) is 0 Å². The van der Waals surface area contributed by atoms with Gasteiger partial charge >= 0.3 is 0 Å². The van der Waals surface area contributed by atoms with Crippen LogP contribution in [0.1, 0.15) is 40.2 Å². The number of hydrogen-bond donors (Lipinski definition) is 1. The first-order valence-corrected chi connectivity index (χ1v) is 7.92. The molecule has 0 unspecified atom stereocenters. The molecule has 0 saturated heterocycles. The van der Waals surface area contributed by atoms with Gasteiger partial charge in [0.05, 0.1) is 12.6 Å². The summed E-state index contributed by atoms with van der Waals surface area (Å²) in [5.41, 5.74) is 1.16. The summed E-state index contributed by atoms with van der Waals surface area (Å²) in [7, 11) is 0. The van der Waals surface area contributed by atoms with E-state index in [4.69, 9.17) is 4.74 Å². The average molecular weight is 291 g/mol. The first kappa shape index (κ1) is 17.7. The molecule has 1 atom stereocenters. The lowest BCUT2D eigenvalue weighted by Gasteiger charge is -2.19. The molecule has 0 heterocycles. The molecule has 21 heavy (non-hydrogen) atoms. The number of nitrogens with one attached hydrogen (secondary N) is 1. The number of likely N-dealkylation sites (N-methyl/N-ethyl adjacent to an activating group) is 1. The Kier molecular flexibility index (Phi) is 7.44. The van der Waals surface area contributed by atoms with Crippen molar-refractivity contribution in [1.82, 2.24) is 5.32 Å². The lowest BCUT2D eigenvalue weighted by Crippen LogP contribution is -2.40. The molecule has 0 aromatic heterocycles. The quantitative estimate of drug-likeness (QED) is 0.757. The average Bonchev–Trinajstić information content (AvgIpc) is 2.45. The molecular formula is C18H29NO2. The van der Waals surface area contributed by atoms with Crippen molar-refractivity contribution in [3.8, 4) is 5.75 Å². The van der Waals surface area contributed by atoms with Crippen molar-refractivity contribution in [3.05, 3.63) is 29.8 Å². The molecule has 118 valence electrons. The fourth-order valence-electron chi connectivity index (χ4n) is 2.14. The Balaban J connectivity index is 2.65. The Morgan fingerprint density at radius 3 is 2.24 bits per heavy atom. The number of carbonyl (C=O) groups excluding carboxylic acids is 1. The lowest BCUT2D eigenvalue weighted by atomic mass is 9.95. The number of ketones is 1. The highest BCUT2D eigenvalue weighted by molar-refractivity contribution is 5.86. The maximum absolute atomic E-state index is 12.2. The van der Waals surface area contributed by atoms with Crippen molar-refractivity contribution in [2.45, 2.75) is 47.1 Å². The summed E-state index contributed by atoms with van der Waals surface area (Å²) in [5.74, 6) is 1.74. The third-order valence-corrected chi connectivity index (χ3v) is 3.31. The molecule has 0 bridgehead atoms. The van der Waals surface area contributed by atoms with E-state index in [1.54, 1.807) is 0 Å². The standard InChI is InChI=1S/C18H29NO2/c1-6-19-17(18(20)14(4)5)11-15-7-9-16(10-8-15)21-12-13(2)3/h7-10,13-14,17,19H,6,11-12H2,1-5H3/t17-/m1/s1. The Labute approximate surface area is 129 Å². The van der Waals surface area contributed by atoms with E-state index in [2.05, 4.69) is 19.2 Å². The highest BCUT2D eigenvalue weighted by Gasteiger charge is 2.20. The molecule has 1 aromatic rings. The van der Waals surface area contributed by atoms with Crippen LogP contribution in [0.3, 0.4) is 0 Å². The minimum absolute atomic E-state index is 0.0581. The Morgan fingerprint density at radius 2 is 1.76 bits per heavy atom. The van der Waals surface area contributed by atoms with Gasteiger partial charge in [0.15, 0.2) is 5.78 Å². The van der Waals surface area contributed by atoms with Crippen LogP contribution in [0.4, 0.5) is 0 Å². The van der Waals surface area contributed by atoms with Gasteiger partial charge in [0.25, 0.3) is 0 Å². The van der Waals surface area contributed by atoms with E-state index in [0.29, 0.717) is 5.92 Å². The molecular weight excluding hydrogens is 262 g/mol. The molecule has 3 nitrogen and oxygen atoms in total. The number of ether oxygens (including phenoxy) is 1. The summed E-state index contributed by atoms with van der Waals surface area (Å²) in [5, 5.41) is 3.29. The predicted octanol–water partition coefficient (Wildman–Crippen LogP) is 3.47. The van der Waals surface area contributed by atoms with Gasteiger partial charge in [0, 0.05) is 5.92 Å². The van der Waals surface area contributed by atoms with Gasteiger partial charge in [0.2, 0.25) is 0 Å². The summed E-state index contributed by atoms with van der Waals surface area (Å²) in [6.07, 6.45) is 0.731. The van der Waals surface area contributed by atoms with Gasteiger partial charge in [-0.2, -0.15) is 0 Å². The highest BCUT2D eigenvalue weighted by Crippen LogP contribution is 2.15. The van der Waals surface area contributed by atoms with Gasteiger partial charge in [-0.05, 0) is 36.6 Å². The van der Waals surface area contributed by atoms with Crippen LogP contribution >= 0.6 is 0 Å². The molecule has 0 aliphatic carbocycles. The molecule has 0 amide bonds. The van der Waals surface area contributed by atoms with Gasteiger partial charge in [-0.15, -0.1) is 0 Å². The minimum Gasteiger partial charge on any atom is -0.493 e. The Morgan fingerprint density at radius 1 is 1.14 bits per heavy atom. The maximum Gasteiger partial charge on any atom is 0.152 e. The van der Waals surface area contributed by atoms with Gasteiger partial charge in [0.1, 0.15) is 5.75 Å². The maximum atomic E-state index is 12.2. The van der Waals surface area contributed by atoms with E-state index in [1.165, 1.54) is 0 Å². The monoisotopic (exact) mass is 291 g/mol. The SMILES string of the molecule is CCN[C@H](Cc1ccc(OCC(C)C)cc1)C(=O)C(C)C. The van der Waals surface area contributed by atoms with Crippen LogP contribution in [-0.2, 0) is 11.2 Å². The zero-order valence-corrected chi connectivity index (χ0v) is 14.0. The second-order valence-electron chi connectivity index (χ2n) is 6.22. The van der Waals surface area contributed by atoms with E-state index < -0.39 is 0 Å². The fraction of sp³-hybridized carbons (Fsp3) is 0.611. The lowest BCUT2D eigenvalue weighted by molar-refractivity contribution is -0.123. The third kappa shape index (κ3) is 6.30. The summed E-state index contributed by atoms with van der Waals surface area (Å²) < 4.78 is 5.68. The molecule has 0 saturated carbocycles. The summed E-state index contributed by atoms with van der Waals surface area (Å²) in [6.45, 7) is 11.7. The van der Waals surface area contributed by atoms with Gasteiger partial charge in [-0.1, -0.05) is 46.8 Å². The number of rotatable bonds is 9. The van der Waals surface area contributed by atoms with Crippen molar-refractivity contribution < 1.29 is 9.53 Å². The molecule has 1 aromatic carbocycles. The van der Waals surface area contributed by atoms with Crippen molar-refractivity contribution in [3.63, 3.8) is 0 Å². The molecule has 1 rings (SSSR count). The molecule has 3 heteroatoms. The highest BCUT2D eigenvalue weighted by atomic mass is 16.5. The van der Waals surface area contributed by atoms with E-state index in [9.17, 15) is 4.79 Å². The van der Waals surface area contributed by atoms with Crippen LogP contribution in [0, 0.1) is 11.8 Å². The van der Waals surface area contributed by atoms with Crippen molar-refractivity contribution >= 4 is 5.78 Å². The molecule has 0 aliphatic heterocycles.